The van der Waals surface area contributed by atoms with E-state index in [1.807, 2.05) is 24.3 Å². The Morgan fingerprint density at radius 2 is 1.72 bits per heavy atom. The maximum Gasteiger partial charge on any atom is 0.175 e. The lowest BCUT2D eigenvalue weighted by molar-refractivity contribution is 0.265. The first-order chi connectivity index (χ1) is 11.5. The van der Waals surface area contributed by atoms with Crippen LogP contribution in [0, 0.1) is 0 Å². The predicted octanol–water partition coefficient (Wildman–Crippen LogP) is 2.08. The Balaban J connectivity index is 2.09. The fraction of sp³-hybridized carbons (Fsp3) is 0.438. The van der Waals surface area contributed by atoms with Gasteiger partial charge in [0.25, 0.3) is 0 Å². The Morgan fingerprint density at radius 1 is 1.12 bits per heavy atom. The molecule has 1 aromatic carbocycles. The predicted molar refractivity (Wildman–Crippen MR) is 101 cm³/mol. The lowest BCUT2D eigenvalue weighted by Crippen LogP contribution is -2.34. The van der Waals surface area contributed by atoms with E-state index in [-0.39, 0.29) is 16.7 Å². The zero-order valence-corrected chi connectivity index (χ0v) is 17.1. The van der Waals surface area contributed by atoms with Crippen LogP contribution in [-0.4, -0.2) is 58.1 Å². The molecule has 0 unspecified atom stereocenters. The van der Waals surface area contributed by atoms with Gasteiger partial charge in [0, 0.05) is 36.0 Å². The third kappa shape index (κ3) is 5.88. The molecular weight excluding hydrogens is 380 g/mol. The van der Waals surface area contributed by atoms with Gasteiger partial charge in [0.05, 0.1) is 16.3 Å². The van der Waals surface area contributed by atoms with Gasteiger partial charge in [-0.3, -0.25) is 4.90 Å². The van der Waals surface area contributed by atoms with Crippen LogP contribution in [0.4, 0.5) is 0 Å². The van der Waals surface area contributed by atoms with Gasteiger partial charge >= 0.3 is 0 Å². The normalized spacial score (nSPS) is 14.0. The Kier molecular flexibility index (Phi) is 6.03. The molecular formula is C16H22N2O4S3. The summed E-state index contributed by atoms with van der Waals surface area (Å²) in [7, 11) is -4.36. The van der Waals surface area contributed by atoms with Crippen molar-refractivity contribution in [2.24, 2.45) is 0 Å². The molecule has 0 saturated carbocycles. The molecule has 0 radical (unpaired) electrons. The van der Waals surface area contributed by atoms with Crippen LogP contribution >= 0.6 is 11.3 Å². The minimum Gasteiger partial charge on any atom is -0.297 e. The number of aromatic nitrogens is 1. The Labute approximate surface area is 153 Å². The molecule has 2 aromatic rings. The quantitative estimate of drug-likeness (QED) is 0.705. The summed E-state index contributed by atoms with van der Waals surface area (Å²) in [6.07, 6.45) is 2.41. The maximum atomic E-state index is 11.5. The van der Waals surface area contributed by atoms with Crippen LogP contribution in [0.25, 0.3) is 10.6 Å². The van der Waals surface area contributed by atoms with E-state index in [9.17, 15) is 16.8 Å². The van der Waals surface area contributed by atoms with E-state index in [2.05, 4.69) is 4.98 Å². The number of sulfone groups is 2. The third-order valence-corrected chi connectivity index (χ3v) is 6.95. The van der Waals surface area contributed by atoms with E-state index in [0.29, 0.717) is 6.54 Å². The number of benzene rings is 1. The van der Waals surface area contributed by atoms with Crippen LogP contribution in [0.1, 0.15) is 12.6 Å². The molecule has 0 aliphatic carbocycles. The molecule has 138 valence electrons. The molecule has 1 aromatic heterocycles. The van der Waals surface area contributed by atoms with Crippen LogP contribution in [0.15, 0.2) is 34.5 Å². The average Bonchev–Trinajstić information content (AvgIpc) is 2.93. The van der Waals surface area contributed by atoms with Gasteiger partial charge in [-0.1, -0.05) is 12.1 Å². The first-order valence-corrected chi connectivity index (χ1v) is 12.4. The zero-order chi connectivity index (χ0) is 18.8. The van der Waals surface area contributed by atoms with Crippen LogP contribution in [0.3, 0.4) is 0 Å². The lowest BCUT2D eigenvalue weighted by atomic mass is 10.2. The van der Waals surface area contributed by atoms with E-state index in [1.54, 1.807) is 24.3 Å². The van der Waals surface area contributed by atoms with E-state index in [0.717, 1.165) is 16.3 Å². The summed E-state index contributed by atoms with van der Waals surface area (Å²) in [5.41, 5.74) is 1.71. The highest BCUT2D eigenvalue weighted by atomic mass is 32.2. The van der Waals surface area contributed by atoms with Crippen molar-refractivity contribution in [3.8, 4) is 10.6 Å². The minimum atomic E-state index is -3.21. The molecule has 0 amide bonds. The van der Waals surface area contributed by atoms with E-state index in [1.165, 1.54) is 23.8 Å². The molecule has 2 rings (SSSR count). The third-order valence-electron chi connectivity index (χ3n) is 3.79. The highest BCUT2D eigenvalue weighted by Gasteiger charge is 2.17. The molecule has 0 aliphatic rings. The summed E-state index contributed by atoms with van der Waals surface area (Å²) in [6.45, 7) is 2.42. The van der Waals surface area contributed by atoms with E-state index >= 15 is 0 Å². The van der Waals surface area contributed by atoms with Crippen LogP contribution < -0.4 is 0 Å². The molecule has 0 aliphatic heterocycles. The summed E-state index contributed by atoms with van der Waals surface area (Å²) < 4.78 is 45.8. The monoisotopic (exact) mass is 402 g/mol. The van der Waals surface area contributed by atoms with Gasteiger partial charge in [0.1, 0.15) is 14.8 Å². The zero-order valence-electron chi connectivity index (χ0n) is 14.6. The largest absolute Gasteiger partial charge is 0.297 e. The van der Waals surface area contributed by atoms with E-state index < -0.39 is 19.7 Å². The molecule has 0 N–H and O–H groups in total. The number of thiazole rings is 1. The van der Waals surface area contributed by atoms with Crippen molar-refractivity contribution in [1.29, 1.82) is 0 Å². The lowest BCUT2D eigenvalue weighted by Gasteiger charge is -2.22. The average molecular weight is 403 g/mol. The fourth-order valence-electron chi connectivity index (χ4n) is 2.33. The highest BCUT2D eigenvalue weighted by molar-refractivity contribution is 7.91. The van der Waals surface area contributed by atoms with Crippen molar-refractivity contribution >= 4 is 31.0 Å². The summed E-state index contributed by atoms with van der Waals surface area (Å²) in [5, 5.41) is 2.74. The van der Waals surface area contributed by atoms with Crippen molar-refractivity contribution in [2.75, 3.05) is 25.3 Å². The van der Waals surface area contributed by atoms with Crippen molar-refractivity contribution < 1.29 is 16.8 Å². The SMILES string of the molecule is C[C@H](CS(C)(=O)=O)N(C)Cc1csc(-c2ccc(S(C)(=O)=O)cc2)n1. The van der Waals surface area contributed by atoms with Crippen molar-refractivity contribution in [2.45, 2.75) is 24.4 Å². The summed E-state index contributed by atoms with van der Waals surface area (Å²) in [5.74, 6) is 0.105. The molecule has 25 heavy (non-hydrogen) atoms. The molecule has 0 spiro atoms. The van der Waals surface area contributed by atoms with Gasteiger partial charge in [-0.2, -0.15) is 0 Å². The Bertz CT molecular complexity index is 932. The van der Waals surface area contributed by atoms with Gasteiger partial charge in [-0.05, 0) is 26.1 Å². The number of hydrogen-bond donors (Lipinski definition) is 0. The second-order valence-corrected chi connectivity index (χ2v) is 11.4. The van der Waals surface area contributed by atoms with Crippen LogP contribution in [0.5, 0.6) is 0 Å². The standard InChI is InChI=1S/C16H22N2O4S3/c1-12(11-24(3,19)20)18(2)9-14-10-23-16(17-14)13-5-7-15(8-6-13)25(4,21)22/h5-8,10,12H,9,11H2,1-4H3/t12-/m1/s1. The second kappa shape index (κ2) is 7.53. The smallest absolute Gasteiger partial charge is 0.175 e. The molecule has 0 fully saturated rings. The second-order valence-electron chi connectivity index (χ2n) is 6.30. The number of rotatable bonds is 7. The Hall–Kier alpha value is -1.29. The first-order valence-electron chi connectivity index (χ1n) is 7.58. The van der Waals surface area contributed by atoms with Gasteiger partial charge in [-0.15, -0.1) is 11.3 Å². The summed E-state index contributed by atoms with van der Waals surface area (Å²) >= 11 is 1.48. The van der Waals surface area contributed by atoms with Crippen LogP contribution in [0.2, 0.25) is 0 Å². The molecule has 1 atom stereocenters. The van der Waals surface area contributed by atoms with E-state index in [4.69, 9.17) is 0 Å². The molecule has 9 heteroatoms. The minimum absolute atomic E-state index is 0.103. The van der Waals surface area contributed by atoms with Gasteiger partial charge < -0.3 is 0 Å². The topological polar surface area (TPSA) is 84.4 Å². The molecule has 6 nitrogen and oxygen atoms in total. The number of hydrogen-bond acceptors (Lipinski definition) is 7. The van der Waals surface area contributed by atoms with Crippen molar-refractivity contribution in [3.63, 3.8) is 0 Å². The van der Waals surface area contributed by atoms with Crippen molar-refractivity contribution in [1.82, 2.24) is 9.88 Å². The van der Waals surface area contributed by atoms with Gasteiger partial charge in [0.15, 0.2) is 9.84 Å². The molecule has 1 heterocycles. The number of nitrogens with zero attached hydrogens (tertiary/aromatic N) is 2. The van der Waals surface area contributed by atoms with Crippen LogP contribution in [-0.2, 0) is 26.2 Å². The fourth-order valence-corrected chi connectivity index (χ4v) is 4.91. The van der Waals surface area contributed by atoms with Crippen molar-refractivity contribution in [3.05, 3.63) is 35.3 Å². The first kappa shape index (κ1) is 20.0. The summed E-state index contributed by atoms with van der Waals surface area (Å²) in [6, 6.07) is 6.54. The van der Waals surface area contributed by atoms with Gasteiger partial charge in [0.2, 0.25) is 0 Å². The summed E-state index contributed by atoms with van der Waals surface area (Å²) in [4.78, 5) is 6.80. The van der Waals surface area contributed by atoms with Gasteiger partial charge in [-0.25, -0.2) is 21.8 Å². The Morgan fingerprint density at radius 3 is 2.24 bits per heavy atom. The molecule has 0 saturated heterocycles. The maximum absolute atomic E-state index is 11.5. The highest BCUT2D eigenvalue weighted by Crippen LogP contribution is 2.25. The molecule has 0 bridgehead atoms.